The number of amides is 2. The van der Waals surface area contributed by atoms with Gasteiger partial charge in [-0.1, -0.05) is 6.92 Å². The van der Waals surface area contributed by atoms with Crippen LogP contribution in [0.2, 0.25) is 0 Å². The first-order valence-corrected chi connectivity index (χ1v) is 14.5. The lowest BCUT2D eigenvalue weighted by atomic mass is 10.0. The number of benzene rings is 1. The molecule has 0 radical (unpaired) electrons. The molecule has 2 amide bonds. The molecule has 0 aliphatic carbocycles. The van der Waals surface area contributed by atoms with Gasteiger partial charge in [0, 0.05) is 17.1 Å². The van der Waals surface area contributed by atoms with Crippen molar-refractivity contribution in [2.24, 2.45) is 0 Å². The van der Waals surface area contributed by atoms with E-state index in [9.17, 15) is 19.2 Å². The van der Waals surface area contributed by atoms with E-state index in [0.29, 0.717) is 17.0 Å². The number of aryl methyl sites for hydroxylation is 2. The van der Waals surface area contributed by atoms with Crippen molar-refractivity contribution in [3.05, 3.63) is 44.8 Å². The third-order valence-electron chi connectivity index (χ3n) is 5.74. The Balaban J connectivity index is 2.05. The maximum atomic E-state index is 13.9. The molecule has 12 heteroatoms. The van der Waals surface area contributed by atoms with Crippen molar-refractivity contribution < 1.29 is 33.0 Å². The van der Waals surface area contributed by atoms with E-state index in [2.05, 4.69) is 15.6 Å². The molecule has 0 aliphatic rings. The quantitative estimate of drug-likeness (QED) is 0.239. The maximum Gasteiger partial charge on any atom is 0.408 e. The van der Waals surface area contributed by atoms with Crippen molar-refractivity contribution in [3.63, 3.8) is 0 Å². The molecule has 0 aliphatic heterocycles. The number of rotatable bonds is 7. The average Bonchev–Trinajstić information content (AvgIpc) is 3.26. The topological polar surface area (TPSA) is 146 Å². The molecule has 2 heterocycles. The van der Waals surface area contributed by atoms with Crippen molar-refractivity contribution in [2.75, 3.05) is 0 Å². The zero-order chi connectivity index (χ0) is 31.6. The van der Waals surface area contributed by atoms with Crippen LogP contribution >= 0.6 is 11.3 Å². The molecule has 228 valence electrons. The van der Waals surface area contributed by atoms with E-state index in [0.717, 1.165) is 5.69 Å². The van der Waals surface area contributed by atoms with Crippen LogP contribution in [-0.4, -0.2) is 40.4 Å². The molecule has 2 aromatic heterocycles. The number of ether oxygens (including phenoxy) is 3. The van der Waals surface area contributed by atoms with Crippen LogP contribution in [0.4, 0.5) is 9.59 Å². The molecule has 2 atom stereocenters. The summed E-state index contributed by atoms with van der Waals surface area (Å²) < 4.78 is 22.5. The number of thiazole rings is 1. The number of nitrogens with zero attached hydrogens (tertiary/aromatic N) is 1. The minimum atomic E-state index is -1.02. The smallest absolute Gasteiger partial charge is 0.408 e. The zero-order valence-electron chi connectivity index (χ0n) is 25.7. The molecule has 2 unspecified atom stereocenters. The van der Waals surface area contributed by atoms with Gasteiger partial charge in [-0.05, 0) is 80.4 Å². The first kappa shape index (κ1) is 32.6. The summed E-state index contributed by atoms with van der Waals surface area (Å²) in [7, 11) is 0. The molecule has 3 rings (SSSR count). The summed E-state index contributed by atoms with van der Waals surface area (Å²) in [6, 6.07) is 1.30. The largest absolute Gasteiger partial charge is 0.458 e. The van der Waals surface area contributed by atoms with Gasteiger partial charge in [0.15, 0.2) is 0 Å². The highest BCUT2D eigenvalue weighted by molar-refractivity contribution is 7.13. The Hall–Kier alpha value is -3.93. The minimum absolute atomic E-state index is 0.151. The molecule has 0 bridgehead atoms. The Kier molecular flexibility index (Phi) is 9.71. The number of carbonyl (C=O) groups is 3. The summed E-state index contributed by atoms with van der Waals surface area (Å²) >= 11 is 1.29. The fourth-order valence-electron chi connectivity index (χ4n) is 3.92. The molecular weight excluding hydrogens is 562 g/mol. The van der Waals surface area contributed by atoms with Crippen molar-refractivity contribution in [3.8, 4) is 16.3 Å². The summed E-state index contributed by atoms with van der Waals surface area (Å²) in [5.41, 5.74) is -0.105. The lowest BCUT2D eigenvalue weighted by molar-refractivity contribution is -0.136. The van der Waals surface area contributed by atoms with Crippen LogP contribution in [0.25, 0.3) is 21.5 Å². The average molecular weight is 602 g/mol. The lowest BCUT2D eigenvalue weighted by Gasteiger charge is -2.22. The van der Waals surface area contributed by atoms with Gasteiger partial charge < -0.3 is 29.3 Å². The van der Waals surface area contributed by atoms with Crippen molar-refractivity contribution in [1.82, 2.24) is 15.6 Å². The van der Waals surface area contributed by atoms with Crippen LogP contribution in [0.15, 0.2) is 26.7 Å². The molecular formula is C30H39N3O8S. The highest BCUT2D eigenvalue weighted by Gasteiger charge is 2.28. The van der Waals surface area contributed by atoms with E-state index in [-0.39, 0.29) is 33.5 Å². The summed E-state index contributed by atoms with van der Waals surface area (Å²) in [5, 5.41) is 7.72. The Bertz CT molecular complexity index is 1540. The highest BCUT2D eigenvalue weighted by Crippen LogP contribution is 2.34. The molecule has 42 heavy (non-hydrogen) atoms. The summed E-state index contributed by atoms with van der Waals surface area (Å²) in [4.78, 5) is 56.0. The second-order valence-corrected chi connectivity index (χ2v) is 12.8. The van der Waals surface area contributed by atoms with E-state index < -0.39 is 41.4 Å². The second-order valence-electron chi connectivity index (χ2n) is 11.9. The van der Waals surface area contributed by atoms with Gasteiger partial charge in [-0.25, -0.2) is 19.4 Å². The van der Waals surface area contributed by atoms with Gasteiger partial charge in [0.1, 0.15) is 39.3 Å². The third kappa shape index (κ3) is 8.31. The number of carbonyl (C=O) groups excluding carboxylic acids is 3. The molecule has 0 spiro atoms. The predicted octanol–water partition coefficient (Wildman–Crippen LogP) is 6.19. The van der Waals surface area contributed by atoms with Gasteiger partial charge in [0.2, 0.25) is 5.43 Å². The van der Waals surface area contributed by atoms with Crippen LogP contribution < -0.4 is 20.8 Å². The first-order chi connectivity index (χ1) is 19.4. The fraction of sp³-hybridized carbons (Fsp3) is 0.500. The van der Waals surface area contributed by atoms with Crippen LogP contribution in [0.5, 0.6) is 5.75 Å². The van der Waals surface area contributed by atoms with Gasteiger partial charge in [-0.3, -0.25) is 4.79 Å². The molecule has 11 nitrogen and oxygen atoms in total. The Morgan fingerprint density at radius 2 is 1.60 bits per heavy atom. The number of alkyl carbamates (subject to hydrolysis) is 2. The maximum absolute atomic E-state index is 13.9. The SMILES string of the molecule is CCc1cc2c(=O)c(-c3nc(C)cs3)c(C(C)NC(=O)OC(C)(C)C)oc2cc1OC(=O)C(C)NC(=O)OC(C)(C)C. The van der Waals surface area contributed by atoms with Crippen molar-refractivity contribution in [1.29, 1.82) is 0 Å². The van der Waals surface area contributed by atoms with Crippen molar-refractivity contribution >= 4 is 40.5 Å². The van der Waals surface area contributed by atoms with Gasteiger partial charge in [-0.15, -0.1) is 11.3 Å². The summed E-state index contributed by atoms with van der Waals surface area (Å²) in [6.07, 6.45) is -0.995. The summed E-state index contributed by atoms with van der Waals surface area (Å²) in [6.45, 7) is 17.2. The zero-order valence-corrected chi connectivity index (χ0v) is 26.5. The normalized spacial score (nSPS) is 13.3. The predicted molar refractivity (Wildman–Crippen MR) is 160 cm³/mol. The van der Waals surface area contributed by atoms with Crippen LogP contribution in [0.1, 0.15) is 85.4 Å². The summed E-state index contributed by atoms with van der Waals surface area (Å²) in [5.74, 6) is -0.381. The van der Waals surface area contributed by atoms with Gasteiger partial charge >= 0.3 is 18.2 Å². The van der Waals surface area contributed by atoms with E-state index in [4.69, 9.17) is 18.6 Å². The van der Waals surface area contributed by atoms with E-state index in [1.165, 1.54) is 24.3 Å². The van der Waals surface area contributed by atoms with Gasteiger partial charge in [-0.2, -0.15) is 0 Å². The molecule has 0 saturated heterocycles. The number of hydrogen-bond acceptors (Lipinski definition) is 10. The number of esters is 1. The van der Waals surface area contributed by atoms with E-state index in [1.807, 2.05) is 19.2 Å². The number of hydrogen-bond donors (Lipinski definition) is 2. The highest BCUT2D eigenvalue weighted by atomic mass is 32.1. The molecule has 1 aromatic carbocycles. The van der Waals surface area contributed by atoms with Crippen LogP contribution in [0.3, 0.4) is 0 Å². The first-order valence-electron chi connectivity index (χ1n) is 13.6. The van der Waals surface area contributed by atoms with Crippen molar-refractivity contribution in [2.45, 2.75) is 98.9 Å². The Morgan fingerprint density at radius 3 is 2.12 bits per heavy atom. The molecule has 0 saturated carbocycles. The Labute approximate surface area is 248 Å². The van der Waals surface area contributed by atoms with Gasteiger partial charge in [0.25, 0.3) is 0 Å². The monoisotopic (exact) mass is 601 g/mol. The number of fused-ring (bicyclic) bond motifs is 1. The van der Waals surface area contributed by atoms with E-state index in [1.54, 1.807) is 54.5 Å². The fourth-order valence-corrected chi connectivity index (χ4v) is 4.76. The third-order valence-corrected chi connectivity index (χ3v) is 6.72. The Morgan fingerprint density at radius 1 is 1.00 bits per heavy atom. The minimum Gasteiger partial charge on any atom is -0.458 e. The molecule has 3 aromatic rings. The lowest BCUT2D eigenvalue weighted by Crippen LogP contribution is -2.43. The van der Waals surface area contributed by atoms with Gasteiger partial charge in [0.05, 0.1) is 17.0 Å². The standard InChI is InChI=1S/C30H39N3O8S/c1-11-18-12-19-21(13-20(18)39-26(35)17(4)33-28(37)41-30(8,9)10)38-24(16(3)32-27(36)40-29(5,6)7)22(23(19)34)25-31-15(2)14-42-25/h12-14,16-17H,11H2,1-10H3,(H,32,36)(H,33,37). The number of aromatic nitrogens is 1. The molecule has 2 N–H and O–H groups in total. The molecule has 0 fully saturated rings. The van der Waals surface area contributed by atoms with E-state index >= 15 is 0 Å². The second kappa shape index (κ2) is 12.5. The van der Waals surface area contributed by atoms with Crippen LogP contribution in [-0.2, 0) is 20.7 Å². The number of nitrogens with one attached hydrogen (secondary N) is 2. The van der Waals surface area contributed by atoms with Crippen LogP contribution in [0, 0.1) is 6.92 Å².